The van der Waals surface area contributed by atoms with Crippen LogP contribution in [0.2, 0.25) is 0 Å². The molecule has 1 aliphatic heterocycles. The summed E-state index contributed by atoms with van der Waals surface area (Å²) in [4.78, 5) is 36.8. The summed E-state index contributed by atoms with van der Waals surface area (Å²) in [6.45, 7) is 1.92. The van der Waals surface area contributed by atoms with Crippen LogP contribution in [0, 0.1) is 17.0 Å². The number of carbonyl (C=O) groups is 2. The Morgan fingerprint density at radius 1 is 1.11 bits per heavy atom. The molecule has 0 unspecified atom stereocenters. The van der Waals surface area contributed by atoms with Crippen LogP contribution in [0.4, 0.5) is 11.4 Å². The number of benzene rings is 2. The number of aryl methyl sites for hydroxylation is 1. The maximum atomic E-state index is 12.8. The van der Waals surface area contributed by atoms with Gasteiger partial charge >= 0.3 is 0 Å². The summed E-state index contributed by atoms with van der Waals surface area (Å²) in [7, 11) is 0. The Labute approximate surface area is 166 Å². The number of nitro benzene ring substituents is 1. The Balaban J connectivity index is 1.91. The smallest absolute Gasteiger partial charge is 0.276 e. The normalized spacial score (nSPS) is 16.0. The van der Waals surface area contributed by atoms with E-state index in [1.165, 1.54) is 29.2 Å². The minimum atomic E-state index is -0.620. The van der Waals surface area contributed by atoms with Crippen LogP contribution in [-0.4, -0.2) is 21.9 Å². The van der Waals surface area contributed by atoms with E-state index >= 15 is 0 Å². The molecule has 0 saturated carbocycles. The molecular weight excluding hydrogens is 378 g/mol. The van der Waals surface area contributed by atoms with E-state index < -0.39 is 16.7 Å². The number of hydrogen-bond donors (Lipinski definition) is 1. The zero-order valence-corrected chi connectivity index (χ0v) is 15.6. The minimum absolute atomic E-state index is 0.00122. The molecule has 1 N–H and O–H groups in total. The fraction of sp³-hybridized carbons (Fsp3) is 0.0500. The highest BCUT2D eigenvalue weighted by molar-refractivity contribution is 7.80. The molecule has 1 aliphatic rings. The van der Waals surface area contributed by atoms with Crippen molar-refractivity contribution >= 4 is 46.6 Å². The number of thiocarbonyl (C=S) groups is 1. The van der Waals surface area contributed by atoms with Gasteiger partial charge in [-0.3, -0.25) is 29.9 Å². The number of para-hydroxylation sites is 1. The highest BCUT2D eigenvalue weighted by Gasteiger charge is 2.34. The predicted octanol–water partition coefficient (Wildman–Crippen LogP) is 3.29. The van der Waals surface area contributed by atoms with E-state index in [2.05, 4.69) is 5.32 Å². The van der Waals surface area contributed by atoms with Crippen LogP contribution in [-0.2, 0) is 9.59 Å². The van der Waals surface area contributed by atoms with Gasteiger partial charge in [-0.05, 0) is 49.5 Å². The molecule has 1 heterocycles. The van der Waals surface area contributed by atoms with Crippen molar-refractivity contribution in [2.45, 2.75) is 6.92 Å². The molecule has 7 nitrogen and oxygen atoms in total. The van der Waals surface area contributed by atoms with Crippen molar-refractivity contribution in [3.63, 3.8) is 0 Å². The lowest BCUT2D eigenvalue weighted by Gasteiger charge is -2.28. The van der Waals surface area contributed by atoms with Gasteiger partial charge in [0.1, 0.15) is 5.57 Å². The first-order chi connectivity index (χ1) is 13.4. The summed E-state index contributed by atoms with van der Waals surface area (Å²) < 4.78 is 0. The molecule has 0 aromatic heterocycles. The van der Waals surface area contributed by atoms with E-state index in [-0.39, 0.29) is 16.4 Å². The van der Waals surface area contributed by atoms with Crippen molar-refractivity contribution in [1.29, 1.82) is 0 Å². The molecular formula is C20H15N3O4S. The Hall–Kier alpha value is -3.65. The lowest BCUT2D eigenvalue weighted by atomic mass is 10.1. The van der Waals surface area contributed by atoms with E-state index in [0.29, 0.717) is 11.3 Å². The summed E-state index contributed by atoms with van der Waals surface area (Å²) in [5.41, 5.74) is 1.72. The Morgan fingerprint density at radius 2 is 1.79 bits per heavy atom. The number of nitrogens with zero attached hydrogens (tertiary/aromatic N) is 2. The van der Waals surface area contributed by atoms with Gasteiger partial charge in [0, 0.05) is 6.07 Å². The number of allylic oxidation sites excluding steroid dienone is 2. The third-order valence-corrected chi connectivity index (χ3v) is 4.35. The Bertz CT molecular complexity index is 1040. The largest absolute Gasteiger partial charge is 0.298 e. The first-order valence-corrected chi connectivity index (χ1v) is 8.67. The van der Waals surface area contributed by atoms with Crippen molar-refractivity contribution in [2.24, 2.45) is 0 Å². The standard InChI is InChI=1S/C20H15N3O4S/c1-13-9-11-15(12-10-13)22-19(25)16(18(24)21-20(22)28)7-4-6-14-5-2-3-8-17(14)23(26)27/h2-12H,1H3,(H,21,24,28)/b6-4+,16-7-. The van der Waals surface area contributed by atoms with E-state index in [1.54, 1.807) is 30.3 Å². The van der Waals surface area contributed by atoms with E-state index in [0.717, 1.165) is 5.56 Å². The number of anilines is 1. The summed E-state index contributed by atoms with van der Waals surface area (Å²) in [5.74, 6) is -1.18. The van der Waals surface area contributed by atoms with E-state index in [4.69, 9.17) is 12.2 Å². The van der Waals surface area contributed by atoms with Crippen molar-refractivity contribution in [2.75, 3.05) is 4.90 Å². The van der Waals surface area contributed by atoms with Crippen molar-refractivity contribution < 1.29 is 14.5 Å². The maximum Gasteiger partial charge on any atom is 0.276 e. The number of nitro groups is 1. The second-order valence-electron chi connectivity index (χ2n) is 5.99. The molecule has 0 aliphatic carbocycles. The van der Waals surface area contributed by atoms with Crippen LogP contribution < -0.4 is 10.2 Å². The number of rotatable bonds is 4. The van der Waals surface area contributed by atoms with Gasteiger partial charge < -0.3 is 0 Å². The van der Waals surface area contributed by atoms with Gasteiger partial charge in [-0.2, -0.15) is 0 Å². The van der Waals surface area contributed by atoms with Gasteiger partial charge in [-0.1, -0.05) is 35.9 Å². The molecule has 3 rings (SSSR count). The lowest BCUT2D eigenvalue weighted by Crippen LogP contribution is -2.54. The molecule has 2 amide bonds. The van der Waals surface area contributed by atoms with Crippen molar-refractivity contribution in [3.05, 3.63) is 87.5 Å². The van der Waals surface area contributed by atoms with Gasteiger partial charge in [0.25, 0.3) is 17.5 Å². The summed E-state index contributed by atoms with van der Waals surface area (Å²) in [6.07, 6.45) is 4.21. The fourth-order valence-corrected chi connectivity index (χ4v) is 2.93. The second-order valence-corrected chi connectivity index (χ2v) is 6.38. The molecule has 28 heavy (non-hydrogen) atoms. The molecule has 2 aromatic rings. The molecule has 140 valence electrons. The van der Waals surface area contributed by atoms with Crippen LogP contribution in [0.1, 0.15) is 11.1 Å². The first-order valence-electron chi connectivity index (χ1n) is 8.26. The molecule has 8 heteroatoms. The van der Waals surface area contributed by atoms with Gasteiger partial charge in [-0.15, -0.1) is 0 Å². The van der Waals surface area contributed by atoms with Crippen LogP contribution in [0.25, 0.3) is 6.08 Å². The SMILES string of the molecule is Cc1ccc(N2C(=O)/C(=C\C=C\c3ccccc3[N+](=O)[O-])C(=O)NC2=S)cc1. The second kappa shape index (κ2) is 7.93. The van der Waals surface area contributed by atoms with Crippen LogP contribution in [0.15, 0.2) is 66.3 Å². The van der Waals surface area contributed by atoms with E-state index in [9.17, 15) is 19.7 Å². The van der Waals surface area contributed by atoms with Crippen molar-refractivity contribution in [1.82, 2.24) is 5.32 Å². The van der Waals surface area contributed by atoms with Crippen LogP contribution >= 0.6 is 12.2 Å². The molecule has 0 bridgehead atoms. The van der Waals surface area contributed by atoms with Crippen LogP contribution in [0.5, 0.6) is 0 Å². The Morgan fingerprint density at radius 3 is 2.46 bits per heavy atom. The number of carbonyl (C=O) groups excluding carboxylic acids is 2. The van der Waals surface area contributed by atoms with Crippen LogP contribution in [0.3, 0.4) is 0 Å². The van der Waals surface area contributed by atoms with Gasteiger partial charge in [0.05, 0.1) is 16.2 Å². The molecule has 0 radical (unpaired) electrons. The Kier molecular flexibility index (Phi) is 5.42. The summed E-state index contributed by atoms with van der Waals surface area (Å²) in [5, 5.41) is 13.6. The average Bonchev–Trinajstić information content (AvgIpc) is 2.66. The quantitative estimate of drug-likeness (QED) is 0.283. The number of hydrogen-bond acceptors (Lipinski definition) is 5. The topological polar surface area (TPSA) is 92.6 Å². The van der Waals surface area contributed by atoms with Gasteiger partial charge in [-0.25, -0.2) is 0 Å². The molecule has 0 atom stereocenters. The monoisotopic (exact) mass is 393 g/mol. The molecule has 1 saturated heterocycles. The number of amides is 2. The third-order valence-electron chi connectivity index (χ3n) is 4.07. The summed E-state index contributed by atoms with van der Waals surface area (Å²) in [6, 6.07) is 13.3. The highest BCUT2D eigenvalue weighted by atomic mass is 32.1. The lowest BCUT2D eigenvalue weighted by molar-refractivity contribution is -0.385. The molecule has 0 spiro atoms. The fourth-order valence-electron chi connectivity index (χ4n) is 2.65. The molecule has 1 fully saturated rings. The zero-order chi connectivity index (χ0) is 20.3. The van der Waals surface area contributed by atoms with Gasteiger partial charge in [0.2, 0.25) is 0 Å². The van der Waals surface area contributed by atoms with Gasteiger partial charge in [0.15, 0.2) is 5.11 Å². The average molecular weight is 393 g/mol. The maximum absolute atomic E-state index is 12.8. The number of nitrogens with one attached hydrogen (secondary N) is 1. The van der Waals surface area contributed by atoms with Crippen molar-refractivity contribution in [3.8, 4) is 0 Å². The highest BCUT2D eigenvalue weighted by Crippen LogP contribution is 2.22. The summed E-state index contributed by atoms with van der Waals surface area (Å²) >= 11 is 5.14. The van der Waals surface area contributed by atoms with E-state index in [1.807, 2.05) is 19.1 Å². The third kappa shape index (κ3) is 3.86. The minimum Gasteiger partial charge on any atom is -0.298 e. The first kappa shape index (κ1) is 19.1. The zero-order valence-electron chi connectivity index (χ0n) is 14.8. The molecule has 2 aromatic carbocycles. The predicted molar refractivity (Wildman–Crippen MR) is 110 cm³/mol.